The topological polar surface area (TPSA) is 49.6 Å². The quantitative estimate of drug-likeness (QED) is 0.769. The number of amides is 1. The molecule has 1 rings (SSSR count). The van der Waals surface area contributed by atoms with Crippen LogP contribution in [0.1, 0.15) is 5.56 Å². The molecule has 4 heteroatoms. The van der Waals surface area contributed by atoms with E-state index in [1.165, 1.54) is 0 Å². The summed E-state index contributed by atoms with van der Waals surface area (Å²) in [5.41, 5.74) is 7.82. The molecule has 0 radical (unpaired) electrons. The van der Waals surface area contributed by atoms with Crippen LogP contribution < -0.4 is 5.73 Å². The van der Waals surface area contributed by atoms with E-state index >= 15 is 0 Å². The van der Waals surface area contributed by atoms with Gasteiger partial charge in [0.2, 0.25) is 5.91 Å². The molecule has 0 bridgehead atoms. The highest BCUT2D eigenvalue weighted by molar-refractivity contribution is 5.77. The number of nitrogens with two attached hydrogens (primary N) is 1. The van der Waals surface area contributed by atoms with Crippen LogP contribution in [-0.4, -0.2) is 49.9 Å². The lowest BCUT2D eigenvalue weighted by Crippen LogP contribution is -2.35. The van der Waals surface area contributed by atoms with Crippen molar-refractivity contribution in [1.29, 1.82) is 0 Å². The average Bonchev–Trinajstić information content (AvgIpc) is 2.27. The third-order valence-electron chi connectivity index (χ3n) is 2.72. The van der Waals surface area contributed by atoms with Crippen molar-refractivity contribution < 1.29 is 4.79 Å². The number of carbonyl (C=O) groups is 1. The number of benzene rings is 1. The molecule has 0 unspecified atom stereocenters. The number of para-hydroxylation sites is 1. The van der Waals surface area contributed by atoms with Crippen molar-refractivity contribution >= 4 is 11.6 Å². The minimum atomic E-state index is 0.119. The van der Waals surface area contributed by atoms with Gasteiger partial charge in [-0.3, -0.25) is 9.69 Å². The first-order chi connectivity index (χ1) is 8.00. The lowest BCUT2D eigenvalue weighted by Gasteiger charge is -2.19. The molecule has 1 aromatic rings. The van der Waals surface area contributed by atoms with Crippen LogP contribution in [0.15, 0.2) is 24.3 Å². The van der Waals surface area contributed by atoms with Crippen molar-refractivity contribution in [3.05, 3.63) is 29.8 Å². The van der Waals surface area contributed by atoms with Crippen LogP contribution in [0.5, 0.6) is 0 Å². The smallest absolute Gasteiger partial charge is 0.236 e. The fourth-order valence-electron chi connectivity index (χ4n) is 1.52. The molecule has 4 nitrogen and oxygen atoms in total. The predicted molar refractivity (Wildman–Crippen MR) is 70.7 cm³/mol. The standard InChI is InChI=1S/C13H21N3O/c1-15(2)13(17)10-16(3)9-8-11-6-4-5-7-12(11)14/h4-7H,8-10,14H2,1-3H3. The summed E-state index contributed by atoms with van der Waals surface area (Å²) in [5.74, 6) is 0.119. The monoisotopic (exact) mass is 235 g/mol. The fraction of sp³-hybridized carbons (Fsp3) is 0.462. The van der Waals surface area contributed by atoms with Gasteiger partial charge in [-0.2, -0.15) is 0 Å². The van der Waals surface area contributed by atoms with E-state index in [1.807, 2.05) is 36.2 Å². The molecule has 1 aromatic carbocycles. The van der Waals surface area contributed by atoms with E-state index in [0.717, 1.165) is 24.2 Å². The Hall–Kier alpha value is -1.55. The largest absolute Gasteiger partial charge is 0.399 e. The van der Waals surface area contributed by atoms with Crippen molar-refractivity contribution in [1.82, 2.24) is 9.80 Å². The highest BCUT2D eigenvalue weighted by Gasteiger charge is 2.08. The molecule has 0 heterocycles. The summed E-state index contributed by atoms with van der Waals surface area (Å²) in [6.45, 7) is 1.27. The number of hydrogen-bond acceptors (Lipinski definition) is 3. The average molecular weight is 235 g/mol. The molecule has 1 amide bonds. The Morgan fingerprint density at radius 2 is 1.88 bits per heavy atom. The van der Waals surface area contributed by atoms with E-state index < -0.39 is 0 Å². The number of rotatable bonds is 5. The summed E-state index contributed by atoms with van der Waals surface area (Å²) in [7, 11) is 5.48. The van der Waals surface area contributed by atoms with Crippen LogP contribution in [0.25, 0.3) is 0 Å². The minimum Gasteiger partial charge on any atom is -0.399 e. The third-order valence-corrected chi connectivity index (χ3v) is 2.72. The summed E-state index contributed by atoms with van der Waals surface area (Å²) in [6, 6.07) is 7.84. The van der Waals surface area contributed by atoms with Crippen LogP contribution in [0.2, 0.25) is 0 Å². The van der Waals surface area contributed by atoms with Gasteiger partial charge < -0.3 is 10.6 Å². The first-order valence-electron chi connectivity index (χ1n) is 5.72. The highest BCUT2D eigenvalue weighted by Crippen LogP contribution is 2.11. The molecule has 0 atom stereocenters. The Bertz CT molecular complexity index is 377. The Kier molecular flexibility index (Phi) is 4.97. The number of hydrogen-bond donors (Lipinski definition) is 1. The van der Waals surface area contributed by atoms with Gasteiger partial charge in [-0.15, -0.1) is 0 Å². The normalized spacial score (nSPS) is 10.6. The summed E-state index contributed by atoms with van der Waals surface area (Å²) in [5, 5.41) is 0. The van der Waals surface area contributed by atoms with Gasteiger partial charge in [-0.05, 0) is 25.1 Å². The summed E-state index contributed by atoms with van der Waals surface area (Å²) in [6.07, 6.45) is 0.865. The second-order valence-corrected chi connectivity index (χ2v) is 4.47. The Balaban J connectivity index is 2.41. The van der Waals surface area contributed by atoms with Crippen molar-refractivity contribution in [2.75, 3.05) is 40.0 Å². The van der Waals surface area contributed by atoms with Gasteiger partial charge in [0.1, 0.15) is 0 Å². The Morgan fingerprint density at radius 1 is 1.24 bits per heavy atom. The third kappa shape index (κ3) is 4.44. The van der Waals surface area contributed by atoms with Gasteiger partial charge in [0, 0.05) is 26.3 Å². The van der Waals surface area contributed by atoms with Crippen LogP contribution in [0.3, 0.4) is 0 Å². The zero-order chi connectivity index (χ0) is 12.8. The van der Waals surface area contributed by atoms with Crippen molar-refractivity contribution in [2.45, 2.75) is 6.42 Å². The van der Waals surface area contributed by atoms with E-state index in [0.29, 0.717) is 6.54 Å². The van der Waals surface area contributed by atoms with Gasteiger partial charge >= 0.3 is 0 Å². The maximum absolute atomic E-state index is 11.5. The number of carbonyl (C=O) groups excluding carboxylic acids is 1. The molecule has 0 aromatic heterocycles. The SMILES string of the molecule is CN(CCc1ccccc1N)CC(=O)N(C)C. The first-order valence-corrected chi connectivity index (χ1v) is 5.72. The van der Waals surface area contributed by atoms with Gasteiger partial charge in [0.15, 0.2) is 0 Å². The van der Waals surface area contributed by atoms with Gasteiger partial charge in [-0.25, -0.2) is 0 Å². The predicted octanol–water partition coefficient (Wildman–Crippen LogP) is 0.831. The number of anilines is 1. The van der Waals surface area contributed by atoms with E-state index in [2.05, 4.69) is 0 Å². The molecule has 0 saturated heterocycles. The van der Waals surface area contributed by atoms with Gasteiger partial charge in [0.25, 0.3) is 0 Å². The highest BCUT2D eigenvalue weighted by atomic mass is 16.2. The molecular formula is C13H21N3O. The number of likely N-dealkylation sites (N-methyl/N-ethyl adjacent to an activating group) is 2. The first kappa shape index (κ1) is 13.5. The van der Waals surface area contributed by atoms with Gasteiger partial charge in [0.05, 0.1) is 6.54 Å². The van der Waals surface area contributed by atoms with Crippen LogP contribution in [0.4, 0.5) is 5.69 Å². The zero-order valence-corrected chi connectivity index (χ0v) is 10.8. The second-order valence-electron chi connectivity index (χ2n) is 4.47. The van der Waals surface area contributed by atoms with Crippen molar-refractivity contribution in [3.63, 3.8) is 0 Å². The Labute approximate surface area is 103 Å². The van der Waals surface area contributed by atoms with Crippen LogP contribution >= 0.6 is 0 Å². The fourth-order valence-corrected chi connectivity index (χ4v) is 1.52. The van der Waals surface area contributed by atoms with E-state index in [-0.39, 0.29) is 5.91 Å². The van der Waals surface area contributed by atoms with E-state index in [4.69, 9.17) is 5.73 Å². The van der Waals surface area contributed by atoms with Crippen LogP contribution in [0, 0.1) is 0 Å². The lowest BCUT2D eigenvalue weighted by atomic mass is 10.1. The molecule has 94 valence electrons. The van der Waals surface area contributed by atoms with Crippen molar-refractivity contribution in [3.8, 4) is 0 Å². The summed E-state index contributed by atoms with van der Waals surface area (Å²) < 4.78 is 0. The molecule has 0 aliphatic heterocycles. The Morgan fingerprint density at radius 3 is 2.47 bits per heavy atom. The second kappa shape index (κ2) is 6.25. The van der Waals surface area contributed by atoms with E-state index in [9.17, 15) is 4.79 Å². The molecule has 0 spiro atoms. The number of nitrogen functional groups attached to an aromatic ring is 1. The maximum Gasteiger partial charge on any atom is 0.236 e. The zero-order valence-electron chi connectivity index (χ0n) is 10.8. The molecule has 0 fully saturated rings. The molecule has 0 aliphatic carbocycles. The molecule has 0 aliphatic rings. The molecule has 2 N–H and O–H groups in total. The maximum atomic E-state index is 11.5. The lowest BCUT2D eigenvalue weighted by molar-refractivity contribution is -0.129. The molecule has 17 heavy (non-hydrogen) atoms. The minimum absolute atomic E-state index is 0.119. The molecule has 0 saturated carbocycles. The summed E-state index contributed by atoms with van der Waals surface area (Å²) >= 11 is 0. The summed E-state index contributed by atoms with van der Waals surface area (Å²) in [4.78, 5) is 15.1. The van der Waals surface area contributed by atoms with Crippen molar-refractivity contribution in [2.24, 2.45) is 0 Å². The molecular weight excluding hydrogens is 214 g/mol. The van der Waals surface area contributed by atoms with E-state index in [1.54, 1.807) is 19.0 Å². The number of nitrogens with zero attached hydrogens (tertiary/aromatic N) is 2. The van der Waals surface area contributed by atoms with Crippen LogP contribution in [-0.2, 0) is 11.2 Å². The van der Waals surface area contributed by atoms with Gasteiger partial charge in [-0.1, -0.05) is 18.2 Å².